The summed E-state index contributed by atoms with van der Waals surface area (Å²) in [6.07, 6.45) is 1.06. The number of nitrogens with zero attached hydrogens (tertiary/aromatic N) is 2. The third-order valence-corrected chi connectivity index (χ3v) is 4.16. The van der Waals surface area contributed by atoms with Gasteiger partial charge in [0.1, 0.15) is 0 Å². The van der Waals surface area contributed by atoms with Gasteiger partial charge in [-0.3, -0.25) is 0 Å². The third kappa shape index (κ3) is 3.82. The van der Waals surface area contributed by atoms with E-state index in [0.717, 1.165) is 12.0 Å². The predicted octanol–water partition coefficient (Wildman–Crippen LogP) is 4.50. The summed E-state index contributed by atoms with van der Waals surface area (Å²) in [5.41, 5.74) is 2.99. The van der Waals surface area contributed by atoms with Crippen LogP contribution >= 0.6 is 0 Å². The first-order valence-electron chi connectivity index (χ1n) is 8.38. The van der Waals surface area contributed by atoms with E-state index in [1.54, 1.807) is 6.07 Å². The number of hydrogen-bond acceptors (Lipinski definition) is 5. The molecule has 0 bridgehead atoms. The van der Waals surface area contributed by atoms with E-state index in [0.29, 0.717) is 23.3 Å². The zero-order valence-electron chi connectivity index (χ0n) is 14.6. The number of phenolic OH excluding ortho intramolecular Hbond substituents is 2. The van der Waals surface area contributed by atoms with Crippen LogP contribution in [0.3, 0.4) is 0 Å². The van der Waals surface area contributed by atoms with Gasteiger partial charge >= 0.3 is 0 Å². The molecule has 3 aromatic rings. The minimum absolute atomic E-state index is 0.0277. The fourth-order valence-corrected chi connectivity index (χ4v) is 2.74. The topological polar surface area (TPSA) is 79.4 Å². The van der Waals surface area contributed by atoms with E-state index >= 15 is 0 Å². The van der Waals surface area contributed by atoms with Gasteiger partial charge in [-0.15, -0.1) is 10.2 Å². The summed E-state index contributed by atoms with van der Waals surface area (Å²) in [5.74, 6) is 1.03. The summed E-state index contributed by atoms with van der Waals surface area (Å²) in [6.45, 7) is 6.43. The van der Waals surface area contributed by atoms with Crippen LogP contribution in [0, 0.1) is 5.92 Å². The molecule has 130 valence electrons. The first-order chi connectivity index (χ1) is 11.9. The molecule has 0 fully saturated rings. The van der Waals surface area contributed by atoms with Crippen LogP contribution in [0.4, 0.5) is 0 Å². The van der Waals surface area contributed by atoms with Crippen LogP contribution < -0.4 is 0 Å². The lowest BCUT2D eigenvalue weighted by molar-refractivity contribution is 0.403. The van der Waals surface area contributed by atoms with Crippen molar-refractivity contribution >= 4 is 0 Å². The van der Waals surface area contributed by atoms with Crippen LogP contribution in [0.1, 0.15) is 43.7 Å². The molecule has 0 spiro atoms. The zero-order chi connectivity index (χ0) is 18.0. The summed E-state index contributed by atoms with van der Waals surface area (Å²) >= 11 is 0. The molecule has 0 amide bonds. The van der Waals surface area contributed by atoms with Crippen molar-refractivity contribution in [2.75, 3.05) is 0 Å². The van der Waals surface area contributed by atoms with Gasteiger partial charge in [-0.05, 0) is 48.6 Å². The number of rotatable bonds is 5. The average Bonchev–Trinajstić information content (AvgIpc) is 3.07. The van der Waals surface area contributed by atoms with Crippen LogP contribution in [-0.4, -0.2) is 20.4 Å². The predicted molar refractivity (Wildman–Crippen MR) is 95.6 cm³/mol. The molecular formula is C20H22N2O3. The van der Waals surface area contributed by atoms with Crippen LogP contribution in [-0.2, 0) is 6.42 Å². The molecule has 0 saturated heterocycles. The largest absolute Gasteiger partial charge is 0.504 e. The number of benzene rings is 2. The number of hydrogen-bond donors (Lipinski definition) is 2. The highest BCUT2D eigenvalue weighted by atomic mass is 16.4. The quantitative estimate of drug-likeness (QED) is 0.670. The molecule has 1 atom stereocenters. The first-order valence-corrected chi connectivity index (χ1v) is 8.38. The molecule has 0 saturated carbocycles. The monoisotopic (exact) mass is 338 g/mol. The Kier molecular flexibility index (Phi) is 4.74. The molecule has 5 heteroatoms. The Morgan fingerprint density at radius 2 is 1.64 bits per heavy atom. The van der Waals surface area contributed by atoms with E-state index in [2.05, 4.69) is 48.3 Å². The average molecular weight is 338 g/mol. The number of aromatic hydroxyl groups is 2. The Hall–Kier alpha value is -2.82. The first kappa shape index (κ1) is 17.0. The molecule has 25 heavy (non-hydrogen) atoms. The normalized spacial score (nSPS) is 12.5. The van der Waals surface area contributed by atoms with E-state index < -0.39 is 0 Å². The van der Waals surface area contributed by atoms with Crippen LogP contribution in [0.25, 0.3) is 11.5 Å². The van der Waals surface area contributed by atoms with E-state index in [1.165, 1.54) is 17.7 Å². The lowest BCUT2D eigenvalue weighted by atomic mass is 9.97. The molecule has 0 aliphatic carbocycles. The van der Waals surface area contributed by atoms with E-state index in [-0.39, 0.29) is 17.4 Å². The van der Waals surface area contributed by atoms with Gasteiger partial charge < -0.3 is 14.6 Å². The summed E-state index contributed by atoms with van der Waals surface area (Å²) in [7, 11) is 0. The molecule has 1 aromatic heterocycles. The summed E-state index contributed by atoms with van der Waals surface area (Å²) in [4.78, 5) is 0. The fraction of sp³-hybridized carbons (Fsp3) is 0.300. The molecule has 1 heterocycles. The highest BCUT2D eigenvalue weighted by Gasteiger charge is 2.17. The van der Waals surface area contributed by atoms with Gasteiger partial charge in [-0.2, -0.15) is 0 Å². The molecule has 2 N–H and O–H groups in total. The van der Waals surface area contributed by atoms with Crippen LogP contribution in [0.15, 0.2) is 46.9 Å². The van der Waals surface area contributed by atoms with Gasteiger partial charge in [0.25, 0.3) is 0 Å². The fourth-order valence-electron chi connectivity index (χ4n) is 2.74. The lowest BCUT2D eigenvalue weighted by Gasteiger charge is -2.09. The Morgan fingerprint density at radius 3 is 2.28 bits per heavy atom. The van der Waals surface area contributed by atoms with Crippen molar-refractivity contribution in [3.05, 3.63) is 59.5 Å². The van der Waals surface area contributed by atoms with Gasteiger partial charge in [0.15, 0.2) is 11.5 Å². The highest BCUT2D eigenvalue weighted by molar-refractivity contribution is 5.58. The Balaban J connectivity index is 1.80. The van der Waals surface area contributed by atoms with Gasteiger partial charge in [-0.25, -0.2) is 0 Å². The van der Waals surface area contributed by atoms with Crippen molar-refractivity contribution in [3.8, 4) is 23.0 Å². The van der Waals surface area contributed by atoms with Crippen molar-refractivity contribution in [1.29, 1.82) is 0 Å². The zero-order valence-corrected chi connectivity index (χ0v) is 14.6. The molecule has 0 aliphatic heterocycles. The smallest absolute Gasteiger partial charge is 0.247 e. The van der Waals surface area contributed by atoms with Gasteiger partial charge in [0, 0.05) is 5.56 Å². The number of aromatic nitrogens is 2. The molecular weight excluding hydrogens is 316 g/mol. The number of phenols is 2. The van der Waals surface area contributed by atoms with E-state index in [4.69, 9.17) is 4.42 Å². The van der Waals surface area contributed by atoms with Crippen molar-refractivity contribution < 1.29 is 14.6 Å². The molecule has 0 radical (unpaired) electrons. The maximum atomic E-state index is 9.60. The SMILES string of the molecule is CC(C)Cc1ccc(C(C)c2nnc(-c3ccc(O)c(O)c3)o2)cc1. The minimum Gasteiger partial charge on any atom is -0.504 e. The summed E-state index contributed by atoms with van der Waals surface area (Å²) in [6, 6.07) is 12.9. The van der Waals surface area contributed by atoms with Crippen molar-refractivity contribution in [3.63, 3.8) is 0 Å². The van der Waals surface area contributed by atoms with Crippen LogP contribution in [0.5, 0.6) is 11.5 Å². The maximum Gasteiger partial charge on any atom is 0.247 e. The minimum atomic E-state index is -0.217. The van der Waals surface area contributed by atoms with Crippen molar-refractivity contribution in [2.24, 2.45) is 5.92 Å². The highest BCUT2D eigenvalue weighted by Crippen LogP contribution is 2.31. The van der Waals surface area contributed by atoms with Gasteiger partial charge in [0.05, 0.1) is 5.92 Å². The summed E-state index contributed by atoms with van der Waals surface area (Å²) in [5, 5.41) is 27.2. The van der Waals surface area contributed by atoms with Gasteiger partial charge in [0.2, 0.25) is 11.8 Å². The van der Waals surface area contributed by atoms with E-state index in [1.807, 2.05) is 6.92 Å². The molecule has 0 aliphatic rings. The second-order valence-corrected chi connectivity index (χ2v) is 6.71. The van der Waals surface area contributed by atoms with Gasteiger partial charge in [-0.1, -0.05) is 38.1 Å². The Morgan fingerprint density at radius 1 is 0.920 bits per heavy atom. The Bertz CT molecular complexity index is 854. The summed E-state index contributed by atoms with van der Waals surface area (Å²) < 4.78 is 5.76. The third-order valence-electron chi connectivity index (χ3n) is 4.16. The molecule has 3 rings (SSSR count). The standard InChI is InChI=1S/C20H22N2O3/c1-12(2)10-14-4-6-15(7-5-14)13(3)19-21-22-20(25-19)16-8-9-17(23)18(24)11-16/h4-9,11-13,23-24H,10H2,1-3H3. The van der Waals surface area contributed by atoms with Crippen molar-refractivity contribution in [1.82, 2.24) is 10.2 Å². The van der Waals surface area contributed by atoms with Crippen molar-refractivity contribution in [2.45, 2.75) is 33.1 Å². The van der Waals surface area contributed by atoms with E-state index in [9.17, 15) is 10.2 Å². The second-order valence-electron chi connectivity index (χ2n) is 6.71. The molecule has 2 aromatic carbocycles. The maximum absolute atomic E-state index is 9.60. The molecule has 5 nitrogen and oxygen atoms in total. The second kappa shape index (κ2) is 6.97. The van der Waals surface area contributed by atoms with Crippen LogP contribution in [0.2, 0.25) is 0 Å². The Labute approximate surface area is 147 Å². The molecule has 1 unspecified atom stereocenters. The lowest BCUT2D eigenvalue weighted by Crippen LogP contribution is -1.98.